The summed E-state index contributed by atoms with van der Waals surface area (Å²) >= 11 is 0. The first-order valence-corrected chi connectivity index (χ1v) is 6.21. The molecule has 0 aliphatic carbocycles. The van der Waals surface area contributed by atoms with Crippen LogP contribution in [-0.4, -0.2) is 20.8 Å². The lowest BCUT2D eigenvalue weighted by molar-refractivity contribution is 0.288. The number of hydrogen-bond acceptors (Lipinski definition) is 3. The van der Waals surface area contributed by atoms with E-state index in [2.05, 4.69) is 25.2 Å². The minimum Gasteiger partial charge on any atom is -0.493 e. The summed E-state index contributed by atoms with van der Waals surface area (Å²) in [7, 11) is 3.62. The van der Waals surface area contributed by atoms with E-state index in [-0.39, 0.29) is 0 Å². The predicted octanol–water partition coefficient (Wildman–Crippen LogP) is 3.15. The van der Waals surface area contributed by atoms with E-state index in [9.17, 15) is 0 Å². The van der Waals surface area contributed by atoms with Crippen LogP contribution in [0.3, 0.4) is 0 Å². The molecule has 3 nitrogen and oxygen atoms in total. The monoisotopic (exact) mass is 237 g/mol. The molecule has 1 aromatic rings. The van der Waals surface area contributed by atoms with Gasteiger partial charge in [0.2, 0.25) is 0 Å². The van der Waals surface area contributed by atoms with Crippen molar-refractivity contribution in [2.75, 3.05) is 20.8 Å². The summed E-state index contributed by atoms with van der Waals surface area (Å²) in [4.78, 5) is 0. The van der Waals surface area contributed by atoms with E-state index in [1.54, 1.807) is 7.11 Å². The quantitative estimate of drug-likeness (QED) is 0.739. The molecule has 0 saturated carbocycles. The molecular formula is C14H23NO2. The van der Waals surface area contributed by atoms with E-state index < -0.39 is 0 Å². The van der Waals surface area contributed by atoms with Crippen LogP contribution >= 0.6 is 0 Å². The molecule has 0 aromatic heterocycles. The molecule has 17 heavy (non-hydrogen) atoms. The molecule has 96 valence electrons. The largest absolute Gasteiger partial charge is 0.493 e. The Labute approximate surface area is 104 Å². The summed E-state index contributed by atoms with van der Waals surface area (Å²) < 4.78 is 11.0. The second-order valence-corrected chi connectivity index (χ2v) is 4.12. The number of rotatable bonds is 7. The Hall–Kier alpha value is -1.22. The van der Waals surface area contributed by atoms with Crippen LogP contribution in [0.25, 0.3) is 0 Å². The number of methoxy groups -OCH3 is 1. The highest BCUT2D eigenvalue weighted by Crippen LogP contribution is 2.30. The lowest BCUT2D eigenvalue weighted by Crippen LogP contribution is -2.12. The summed E-state index contributed by atoms with van der Waals surface area (Å²) in [5.74, 6) is 1.63. The molecule has 0 fully saturated rings. The third-order valence-electron chi connectivity index (χ3n) is 2.88. The van der Waals surface area contributed by atoms with Crippen molar-refractivity contribution >= 4 is 0 Å². The molecular weight excluding hydrogens is 214 g/mol. The van der Waals surface area contributed by atoms with Crippen molar-refractivity contribution in [3.8, 4) is 11.5 Å². The van der Waals surface area contributed by atoms with E-state index in [1.807, 2.05) is 19.2 Å². The molecule has 1 N–H and O–H groups in total. The van der Waals surface area contributed by atoms with Crippen molar-refractivity contribution in [3.05, 3.63) is 23.8 Å². The third-order valence-corrected chi connectivity index (χ3v) is 2.88. The van der Waals surface area contributed by atoms with Crippen molar-refractivity contribution in [1.29, 1.82) is 0 Å². The Morgan fingerprint density at radius 3 is 2.65 bits per heavy atom. The van der Waals surface area contributed by atoms with Gasteiger partial charge in [-0.1, -0.05) is 19.4 Å². The molecule has 3 heteroatoms. The van der Waals surface area contributed by atoms with Gasteiger partial charge in [0.25, 0.3) is 0 Å². The van der Waals surface area contributed by atoms with E-state index in [0.717, 1.165) is 30.9 Å². The Balaban J connectivity index is 2.78. The van der Waals surface area contributed by atoms with E-state index in [1.165, 1.54) is 5.56 Å². The molecule has 1 rings (SSSR count). The predicted molar refractivity (Wildman–Crippen MR) is 70.9 cm³/mol. The maximum absolute atomic E-state index is 5.69. The van der Waals surface area contributed by atoms with Crippen LogP contribution < -0.4 is 14.8 Å². The van der Waals surface area contributed by atoms with Gasteiger partial charge in [0.1, 0.15) is 0 Å². The number of ether oxygens (including phenoxy) is 2. The molecule has 1 atom stereocenters. The highest BCUT2D eigenvalue weighted by Gasteiger charge is 2.09. The molecule has 0 saturated heterocycles. The standard InChI is InChI=1S/C14H23NO2/c1-5-6-9-17-13-8-7-12(11(2)15-3)10-14(13)16-4/h7-8,10-11,15H,5-6,9H2,1-4H3. The van der Waals surface area contributed by atoms with Crippen LogP contribution in [-0.2, 0) is 0 Å². The van der Waals surface area contributed by atoms with Crippen molar-refractivity contribution < 1.29 is 9.47 Å². The zero-order chi connectivity index (χ0) is 12.7. The van der Waals surface area contributed by atoms with Gasteiger partial charge >= 0.3 is 0 Å². The molecule has 0 aliphatic heterocycles. The van der Waals surface area contributed by atoms with Crippen molar-refractivity contribution in [1.82, 2.24) is 5.32 Å². The molecule has 1 unspecified atom stereocenters. The van der Waals surface area contributed by atoms with Crippen LogP contribution in [0.4, 0.5) is 0 Å². The van der Waals surface area contributed by atoms with Gasteiger partial charge in [-0.25, -0.2) is 0 Å². The van der Waals surface area contributed by atoms with Gasteiger partial charge < -0.3 is 14.8 Å². The van der Waals surface area contributed by atoms with E-state index in [0.29, 0.717) is 6.04 Å². The summed E-state index contributed by atoms with van der Waals surface area (Å²) in [5, 5.41) is 3.21. The van der Waals surface area contributed by atoms with Gasteiger partial charge in [0, 0.05) is 6.04 Å². The number of nitrogens with one attached hydrogen (secondary N) is 1. The first kappa shape index (κ1) is 13.8. The van der Waals surface area contributed by atoms with Gasteiger partial charge in [0.05, 0.1) is 13.7 Å². The molecule has 1 aromatic carbocycles. The SMILES string of the molecule is CCCCOc1ccc(C(C)NC)cc1OC. The van der Waals surface area contributed by atoms with E-state index in [4.69, 9.17) is 9.47 Å². The van der Waals surface area contributed by atoms with Crippen LogP contribution in [0, 0.1) is 0 Å². The van der Waals surface area contributed by atoms with Crippen molar-refractivity contribution in [2.24, 2.45) is 0 Å². The van der Waals surface area contributed by atoms with Crippen LogP contribution in [0.5, 0.6) is 11.5 Å². The van der Waals surface area contributed by atoms with Gasteiger partial charge in [-0.3, -0.25) is 0 Å². The summed E-state index contributed by atoms with van der Waals surface area (Å²) in [6, 6.07) is 6.40. The Morgan fingerprint density at radius 2 is 2.06 bits per heavy atom. The summed E-state index contributed by atoms with van der Waals surface area (Å²) in [6.07, 6.45) is 2.20. The number of benzene rings is 1. The normalized spacial score (nSPS) is 12.2. The fourth-order valence-corrected chi connectivity index (χ4v) is 1.57. The highest BCUT2D eigenvalue weighted by atomic mass is 16.5. The first-order chi connectivity index (χ1) is 8.22. The highest BCUT2D eigenvalue weighted by molar-refractivity contribution is 5.43. The average Bonchev–Trinajstić information content (AvgIpc) is 2.38. The topological polar surface area (TPSA) is 30.5 Å². The molecule has 0 amide bonds. The van der Waals surface area contributed by atoms with Crippen molar-refractivity contribution in [2.45, 2.75) is 32.7 Å². The maximum Gasteiger partial charge on any atom is 0.161 e. The Kier molecular flexibility index (Phi) is 5.84. The Bertz CT molecular complexity index is 339. The minimum atomic E-state index is 0.314. The maximum atomic E-state index is 5.69. The molecule has 0 aliphatic rings. The molecule has 0 radical (unpaired) electrons. The van der Waals surface area contributed by atoms with Gasteiger partial charge in [-0.2, -0.15) is 0 Å². The zero-order valence-corrected chi connectivity index (χ0v) is 11.2. The number of hydrogen-bond donors (Lipinski definition) is 1. The minimum absolute atomic E-state index is 0.314. The van der Waals surface area contributed by atoms with E-state index >= 15 is 0 Å². The van der Waals surface area contributed by atoms with Gasteiger partial charge in [-0.05, 0) is 38.1 Å². The second kappa shape index (κ2) is 7.17. The van der Waals surface area contributed by atoms with Gasteiger partial charge in [-0.15, -0.1) is 0 Å². The van der Waals surface area contributed by atoms with Crippen LogP contribution in [0.2, 0.25) is 0 Å². The zero-order valence-electron chi connectivity index (χ0n) is 11.2. The summed E-state index contributed by atoms with van der Waals surface area (Å²) in [6.45, 7) is 5.01. The van der Waals surface area contributed by atoms with Crippen LogP contribution in [0.1, 0.15) is 38.3 Å². The fourth-order valence-electron chi connectivity index (χ4n) is 1.57. The number of unbranched alkanes of at least 4 members (excludes halogenated alkanes) is 1. The smallest absolute Gasteiger partial charge is 0.161 e. The average molecular weight is 237 g/mol. The lowest BCUT2D eigenvalue weighted by atomic mass is 10.1. The lowest BCUT2D eigenvalue weighted by Gasteiger charge is -2.15. The molecule has 0 bridgehead atoms. The van der Waals surface area contributed by atoms with Gasteiger partial charge in [0.15, 0.2) is 11.5 Å². The molecule has 0 heterocycles. The molecule has 0 spiro atoms. The third kappa shape index (κ3) is 3.93. The van der Waals surface area contributed by atoms with Crippen LogP contribution in [0.15, 0.2) is 18.2 Å². The van der Waals surface area contributed by atoms with Crippen molar-refractivity contribution in [3.63, 3.8) is 0 Å². The summed E-state index contributed by atoms with van der Waals surface area (Å²) in [5.41, 5.74) is 1.20. The fraction of sp³-hybridized carbons (Fsp3) is 0.571. The Morgan fingerprint density at radius 1 is 1.29 bits per heavy atom. The second-order valence-electron chi connectivity index (χ2n) is 4.12. The first-order valence-electron chi connectivity index (χ1n) is 6.21.